The molecule has 13 heteroatoms. The maximum Gasteiger partial charge on any atom is 0.490 e. The second kappa shape index (κ2) is 13.8. The molecule has 0 bridgehead atoms. The van der Waals surface area contributed by atoms with E-state index < -0.39 is 22.2 Å². The van der Waals surface area contributed by atoms with Crippen LogP contribution in [0.2, 0.25) is 0 Å². The average molecular weight is 538 g/mol. The standard InChI is InChI=1S/C21H33N3O4S.C2HF3O2/c1-28-20-11-7-6-10-19(20)21(25)24(18-8-4-2-3-5-9-18)16-17-29(26,27)23-14-12-22-13-15-23;3-2(4,5)1(6)7/h6-7,10-11,18,22H,2-5,8-9,12-17H2,1H3;(H,6,7). The number of para-hydroxylation sites is 1. The Balaban J connectivity index is 0.000000572. The van der Waals surface area contributed by atoms with E-state index in [1.807, 2.05) is 12.1 Å². The molecular formula is C23H34F3N3O6S. The Labute approximate surface area is 209 Å². The van der Waals surface area contributed by atoms with Gasteiger partial charge in [0.25, 0.3) is 5.91 Å². The summed E-state index contributed by atoms with van der Waals surface area (Å²) in [6.07, 6.45) is 1.26. The van der Waals surface area contributed by atoms with Gasteiger partial charge in [-0.2, -0.15) is 17.5 Å². The Morgan fingerprint density at radius 3 is 2.19 bits per heavy atom. The molecule has 1 saturated heterocycles. The molecule has 0 unspecified atom stereocenters. The molecule has 2 N–H and O–H groups in total. The third-order valence-electron chi connectivity index (χ3n) is 6.17. The minimum atomic E-state index is -5.08. The second-order valence-corrected chi connectivity index (χ2v) is 10.7. The van der Waals surface area contributed by atoms with Gasteiger partial charge < -0.3 is 20.1 Å². The summed E-state index contributed by atoms with van der Waals surface area (Å²) in [6.45, 7) is 2.55. The number of hydrogen-bond donors (Lipinski definition) is 2. The number of halogens is 3. The number of piperazine rings is 1. The van der Waals surface area contributed by atoms with Gasteiger partial charge in [0.15, 0.2) is 0 Å². The number of alkyl halides is 3. The number of carbonyl (C=O) groups is 2. The van der Waals surface area contributed by atoms with Crippen molar-refractivity contribution < 1.29 is 41.0 Å². The zero-order chi connectivity index (χ0) is 26.8. The molecule has 9 nitrogen and oxygen atoms in total. The van der Waals surface area contributed by atoms with E-state index in [-0.39, 0.29) is 24.2 Å². The highest BCUT2D eigenvalue weighted by molar-refractivity contribution is 7.89. The van der Waals surface area contributed by atoms with E-state index in [9.17, 15) is 26.4 Å². The van der Waals surface area contributed by atoms with Crippen molar-refractivity contribution in [3.05, 3.63) is 29.8 Å². The Morgan fingerprint density at radius 2 is 1.67 bits per heavy atom. The summed E-state index contributed by atoms with van der Waals surface area (Å²) >= 11 is 0. The van der Waals surface area contributed by atoms with Crippen LogP contribution in [0.5, 0.6) is 5.75 Å². The van der Waals surface area contributed by atoms with Gasteiger partial charge in [0, 0.05) is 38.8 Å². The summed E-state index contributed by atoms with van der Waals surface area (Å²) in [7, 11) is -1.84. The van der Waals surface area contributed by atoms with Crippen LogP contribution in [0.4, 0.5) is 13.2 Å². The van der Waals surface area contributed by atoms with Gasteiger partial charge in [-0.05, 0) is 25.0 Å². The highest BCUT2D eigenvalue weighted by atomic mass is 32.2. The number of carbonyl (C=O) groups excluding carboxylic acids is 1. The van der Waals surface area contributed by atoms with Gasteiger partial charge in [0.2, 0.25) is 10.0 Å². The van der Waals surface area contributed by atoms with Crippen LogP contribution in [0.3, 0.4) is 0 Å². The fraction of sp³-hybridized carbons (Fsp3) is 0.652. The molecule has 0 aromatic heterocycles. The van der Waals surface area contributed by atoms with E-state index in [2.05, 4.69) is 5.32 Å². The van der Waals surface area contributed by atoms with Crippen molar-refractivity contribution in [2.75, 3.05) is 45.6 Å². The Morgan fingerprint density at radius 1 is 1.11 bits per heavy atom. The minimum absolute atomic E-state index is 0.0373. The van der Waals surface area contributed by atoms with Crippen LogP contribution >= 0.6 is 0 Å². The number of methoxy groups -OCH3 is 1. The van der Waals surface area contributed by atoms with Crippen molar-refractivity contribution in [3.63, 3.8) is 0 Å². The van der Waals surface area contributed by atoms with Crippen LogP contribution in [0.15, 0.2) is 24.3 Å². The molecule has 1 aliphatic heterocycles. The van der Waals surface area contributed by atoms with Crippen LogP contribution in [-0.4, -0.2) is 92.4 Å². The first-order valence-electron chi connectivity index (χ1n) is 11.9. The van der Waals surface area contributed by atoms with E-state index in [1.165, 1.54) is 12.8 Å². The molecule has 1 heterocycles. The van der Waals surface area contributed by atoms with Crippen molar-refractivity contribution in [2.45, 2.75) is 50.7 Å². The van der Waals surface area contributed by atoms with Gasteiger partial charge >= 0.3 is 12.1 Å². The number of carboxylic acids is 1. The molecule has 1 saturated carbocycles. The van der Waals surface area contributed by atoms with Gasteiger partial charge in [-0.3, -0.25) is 4.79 Å². The highest BCUT2D eigenvalue weighted by Gasteiger charge is 2.38. The molecule has 204 valence electrons. The van der Waals surface area contributed by atoms with Gasteiger partial charge in [0.05, 0.1) is 18.4 Å². The van der Waals surface area contributed by atoms with Gasteiger partial charge in [-0.15, -0.1) is 0 Å². The number of hydrogen-bond acceptors (Lipinski definition) is 6. The van der Waals surface area contributed by atoms with E-state index in [1.54, 1.807) is 28.4 Å². The molecule has 1 amide bonds. The second-order valence-electron chi connectivity index (χ2n) is 8.61. The molecule has 2 aliphatic rings. The highest BCUT2D eigenvalue weighted by Crippen LogP contribution is 2.26. The van der Waals surface area contributed by atoms with Gasteiger partial charge in [-0.1, -0.05) is 37.8 Å². The summed E-state index contributed by atoms with van der Waals surface area (Å²) in [5, 5.41) is 10.3. The summed E-state index contributed by atoms with van der Waals surface area (Å²) in [5.41, 5.74) is 0.499. The lowest BCUT2D eigenvalue weighted by atomic mass is 10.0. The third kappa shape index (κ3) is 8.93. The lowest BCUT2D eigenvalue weighted by Gasteiger charge is -2.33. The number of amides is 1. The monoisotopic (exact) mass is 537 g/mol. The zero-order valence-corrected chi connectivity index (χ0v) is 21.1. The van der Waals surface area contributed by atoms with Crippen molar-refractivity contribution >= 4 is 21.9 Å². The number of ether oxygens (including phenoxy) is 1. The van der Waals surface area contributed by atoms with Crippen molar-refractivity contribution in [2.24, 2.45) is 0 Å². The van der Waals surface area contributed by atoms with E-state index in [4.69, 9.17) is 14.6 Å². The van der Waals surface area contributed by atoms with Gasteiger partial charge in [-0.25, -0.2) is 13.2 Å². The first-order valence-corrected chi connectivity index (χ1v) is 13.5. The predicted octanol–water partition coefficient (Wildman–Crippen LogP) is 2.73. The molecule has 0 spiro atoms. The Bertz CT molecular complexity index is 960. The topological polar surface area (TPSA) is 116 Å². The summed E-state index contributed by atoms with van der Waals surface area (Å²) in [5.74, 6) is -2.40. The van der Waals surface area contributed by atoms with Crippen molar-refractivity contribution in [3.8, 4) is 5.75 Å². The number of aliphatic carboxylic acids is 1. The maximum absolute atomic E-state index is 13.5. The molecule has 3 rings (SSSR count). The molecule has 1 aromatic carbocycles. The summed E-state index contributed by atoms with van der Waals surface area (Å²) in [6, 6.07) is 7.26. The lowest BCUT2D eigenvalue weighted by molar-refractivity contribution is -0.192. The maximum atomic E-state index is 13.5. The first kappa shape index (κ1) is 29.8. The SMILES string of the molecule is COc1ccccc1C(=O)N(CCS(=O)(=O)N1CCNCC1)C1CCCCCC1.O=C(O)C(F)(F)F. The Hall–Kier alpha value is -2.38. The molecule has 0 atom stereocenters. The Kier molecular flexibility index (Phi) is 11.4. The number of benzene rings is 1. The number of nitrogens with one attached hydrogen (secondary N) is 1. The average Bonchev–Trinajstić information content (AvgIpc) is 3.14. The minimum Gasteiger partial charge on any atom is -0.496 e. The van der Waals surface area contributed by atoms with Gasteiger partial charge in [0.1, 0.15) is 5.75 Å². The smallest absolute Gasteiger partial charge is 0.490 e. The fourth-order valence-corrected chi connectivity index (χ4v) is 5.69. The summed E-state index contributed by atoms with van der Waals surface area (Å²) in [4.78, 5) is 24.1. The van der Waals surface area contributed by atoms with Crippen LogP contribution in [0.1, 0.15) is 48.9 Å². The zero-order valence-electron chi connectivity index (χ0n) is 20.3. The number of carboxylic acid groups (broad SMARTS) is 1. The normalized spacial score (nSPS) is 17.9. The number of rotatable bonds is 7. The lowest BCUT2D eigenvalue weighted by Crippen LogP contribution is -2.49. The fourth-order valence-electron chi connectivity index (χ4n) is 4.26. The molecule has 0 radical (unpaired) electrons. The van der Waals surface area contributed by atoms with Crippen molar-refractivity contribution in [1.82, 2.24) is 14.5 Å². The van der Waals surface area contributed by atoms with E-state index >= 15 is 0 Å². The number of sulfonamides is 1. The molecule has 1 aliphatic carbocycles. The molecule has 1 aromatic rings. The number of nitrogens with zero attached hydrogens (tertiary/aromatic N) is 2. The van der Waals surface area contributed by atoms with Crippen molar-refractivity contribution in [1.29, 1.82) is 0 Å². The predicted molar refractivity (Wildman–Crippen MR) is 127 cm³/mol. The van der Waals surface area contributed by atoms with Crippen LogP contribution in [0, 0.1) is 0 Å². The summed E-state index contributed by atoms with van der Waals surface area (Å²) < 4.78 is 64.4. The van der Waals surface area contributed by atoms with Crippen LogP contribution < -0.4 is 10.1 Å². The largest absolute Gasteiger partial charge is 0.496 e. The first-order chi connectivity index (χ1) is 17.0. The van der Waals surface area contributed by atoms with Crippen LogP contribution in [0.25, 0.3) is 0 Å². The van der Waals surface area contributed by atoms with E-state index in [0.29, 0.717) is 37.5 Å². The molecular weight excluding hydrogens is 503 g/mol. The van der Waals surface area contributed by atoms with E-state index in [0.717, 1.165) is 25.7 Å². The third-order valence-corrected chi connectivity index (χ3v) is 8.02. The van der Waals surface area contributed by atoms with Crippen LogP contribution in [-0.2, 0) is 14.8 Å². The quantitative estimate of drug-likeness (QED) is 0.514. The molecule has 2 fully saturated rings. The molecule has 36 heavy (non-hydrogen) atoms.